The molecule has 0 aliphatic carbocycles. The van der Waals surface area contributed by atoms with Crippen LogP contribution >= 0.6 is 0 Å². The molecule has 0 N–H and O–H groups in total. The Balaban J connectivity index is 2.04. The number of hydrogen-bond acceptors (Lipinski definition) is 7. The molecule has 2 unspecified atom stereocenters. The van der Waals surface area contributed by atoms with Gasteiger partial charge in [-0.3, -0.25) is 4.79 Å². The average Bonchev–Trinajstić information content (AvgIpc) is 2.95. The van der Waals surface area contributed by atoms with E-state index in [1.165, 1.54) is 26.1 Å². The summed E-state index contributed by atoms with van der Waals surface area (Å²) in [6.45, 7) is 5.38. The van der Waals surface area contributed by atoms with E-state index in [-0.39, 0.29) is 17.4 Å². The molecule has 2 heterocycles. The van der Waals surface area contributed by atoms with Crippen LogP contribution in [0.1, 0.15) is 45.1 Å². The largest absolute Gasteiger partial charge is 0.458 e. The van der Waals surface area contributed by atoms with Crippen molar-refractivity contribution in [2.75, 3.05) is 6.61 Å². The van der Waals surface area contributed by atoms with E-state index in [0.717, 1.165) is 9.36 Å². The van der Waals surface area contributed by atoms with Gasteiger partial charge in [0.15, 0.2) is 11.9 Å². The van der Waals surface area contributed by atoms with Crippen molar-refractivity contribution in [3.63, 3.8) is 0 Å². The molecular formula is C18H23FN4O5. The third-order valence-corrected chi connectivity index (χ3v) is 4.43. The highest BCUT2D eigenvalue weighted by molar-refractivity contribution is 5.66. The van der Waals surface area contributed by atoms with E-state index < -0.39 is 29.9 Å². The normalized spacial score (nSPS) is 19.6. The van der Waals surface area contributed by atoms with Gasteiger partial charge >= 0.3 is 11.7 Å². The maximum atomic E-state index is 14.6. The molecule has 1 fully saturated rings. The van der Waals surface area contributed by atoms with Crippen molar-refractivity contribution in [2.45, 2.75) is 51.9 Å². The topological polar surface area (TPSA) is 97.5 Å². The number of nitrogens with zero attached hydrogens (tertiary/aromatic N) is 4. The summed E-state index contributed by atoms with van der Waals surface area (Å²) < 4.78 is 33.4. The first-order valence-electron chi connectivity index (χ1n) is 9.06. The number of hydrogen-bond donors (Lipinski definition) is 0. The summed E-state index contributed by atoms with van der Waals surface area (Å²) in [6.07, 6.45) is -0.301. The van der Waals surface area contributed by atoms with Crippen LogP contribution in [0, 0.1) is 5.82 Å². The molecule has 0 bridgehead atoms. The lowest BCUT2D eigenvalue weighted by atomic mass is 10.0. The van der Waals surface area contributed by atoms with Gasteiger partial charge in [-0.25, -0.2) is 9.18 Å². The molecule has 0 radical (unpaired) electrons. The first kappa shape index (κ1) is 20.0. The fourth-order valence-corrected chi connectivity index (χ4v) is 3.02. The molecule has 1 aromatic heterocycles. The number of aromatic nitrogens is 4. The molecule has 10 heteroatoms. The lowest BCUT2D eigenvalue weighted by Crippen LogP contribution is -2.41. The van der Waals surface area contributed by atoms with Crippen LogP contribution in [0.5, 0.6) is 5.75 Å². The zero-order valence-corrected chi connectivity index (χ0v) is 16.2. The third kappa shape index (κ3) is 4.06. The summed E-state index contributed by atoms with van der Waals surface area (Å²) in [5.74, 6) is -1.02. The first-order valence-corrected chi connectivity index (χ1v) is 9.06. The van der Waals surface area contributed by atoms with Crippen molar-refractivity contribution in [1.82, 2.24) is 19.8 Å². The predicted octanol–water partition coefficient (Wildman–Crippen LogP) is 1.68. The quantitative estimate of drug-likeness (QED) is 0.712. The van der Waals surface area contributed by atoms with Crippen LogP contribution in [0.15, 0.2) is 16.9 Å². The highest BCUT2D eigenvalue weighted by atomic mass is 19.1. The van der Waals surface area contributed by atoms with Crippen molar-refractivity contribution in [1.29, 1.82) is 0 Å². The molecule has 9 nitrogen and oxygen atoms in total. The number of carbonyl (C=O) groups is 1. The van der Waals surface area contributed by atoms with E-state index in [9.17, 15) is 14.0 Å². The van der Waals surface area contributed by atoms with Crippen molar-refractivity contribution in [2.24, 2.45) is 7.05 Å². The molecule has 2 atom stereocenters. The third-order valence-electron chi connectivity index (χ3n) is 4.43. The second-order valence-corrected chi connectivity index (χ2v) is 6.94. The van der Waals surface area contributed by atoms with Gasteiger partial charge in [-0.05, 0) is 40.8 Å². The van der Waals surface area contributed by atoms with Crippen LogP contribution in [0.3, 0.4) is 0 Å². The van der Waals surface area contributed by atoms with Gasteiger partial charge in [-0.1, -0.05) is 13.8 Å². The van der Waals surface area contributed by atoms with E-state index >= 15 is 0 Å². The van der Waals surface area contributed by atoms with Gasteiger partial charge in [0.1, 0.15) is 11.5 Å². The Morgan fingerprint density at radius 3 is 2.71 bits per heavy atom. The van der Waals surface area contributed by atoms with Gasteiger partial charge in [0.2, 0.25) is 6.29 Å². The number of halogens is 1. The van der Waals surface area contributed by atoms with Crippen LogP contribution in [-0.4, -0.2) is 44.8 Å². The van der Waals surface area contributed by atoms with Crippen LogP contribution in [0.2, 0.25) is 0 Å². The van der Waals surface area contributed by atoms with Gasteiger partial charge < -0.3 is 14.2 Å². The maximum Gasteiger partial charge on any atom is 0.368 e. The molecule has 152 valence electrons. The summed E-state index contributed by atoms with van der Waals surface area (Å²) in [5.41, 5.74) is 0.132. The van der Waals surface area contributed by atoms with Crippen LogP contribution in [-0.2, 0) is 21.3 Å². The molecule has 0 saturated carbocycles. The molecule has 28 heavy (non-hydrogen) atoms. The van der Waals surface area contributed by atoms with E-state index in [1.807, 2.05) is 13.8 Å². The Morgan fingerprint density at radius 2 is 2.11 bits per heavy atom. The zero-order chi connectivity index (χ0) is 20.4. The fraction of sp³-hybridized carbons (Fsp3) is 0.556. The van der Waals surface area contributed by atoms with E-state index in [4.69, 9.17) is 14.2 Å². The Labute approximate surface area is 161 Å². The lowest BCUT2D eigenvalue weighted by molar-refractivity contribution is -0.195. The number of esters is 1. The number of benzene rings is 1. The summed E-state index contributed by atoms with van der Waals surface area (Å²) in [7, 11) is 1.46. The molecule has 0 amide bonds. The molecule has 2 aromatic rings. The maximum absolute atomic E-state index is 14.6. The Kier molecular flexibility index (Phi) is 5.78. The van der Waals surface area contributed by atoms with Crippen molar-refractivity contribution >= 4 is 5.97 Å². The van der Waals surface area contributed by atoms with Gasteiger partial charge in [0.05, 0.1) is 6.61 Å². The Morgan fingerprint density at radius 1 is 1.36 bits per heavy atom. The van der Waals surface area contributed by atoms with Crippen molar-refractivity contribution in [3.05, 3.63) is 34.0 Å². The average molecular weight is 394 g/mol. The molecule has 1 aliphatic heterocycles. The molecule has 0 spiro atoms. The van der Waals surface area contributed by atoms with E-state index in [2.05, 4.69) is 10.4 Å². The van der Waals surface area contributed by atoms with Gasteiger partial charge in [0.25, 0.3) is 0 Å². The molecule has 1 saturated heterocycles. The van der Waals surface area contributed by atoms with Crippen LogP contribution in [0.4, 0.5) is 4.39 Å². The highest BCUT2D eigenvalue weighted by Gasteiger charge is 2.32. The smallest absolute Gasteiger partial charge is 0.368 e. The van der Waals surface area contributed by atoms with Gasteiger partial charge in [-0.15, -0.1) is 0 Å². The van der Waals surface area contributed by atoms with Gasteiger partial charge in [-0.2, -0.15) is 9.36 Å². The lowest BCUT2D eigenvalue weighted by Gasteiger charge is -2.31. The highest BCUT2D eigenvalue weighted by Crippen LogP contribution is 2.31. The number of carbonyl (C=O) groups excluding carboxylic acids is 1. The number of ether oxygens (including phenoxy) is 3. The number of aryl methyl sites for hydroxylation is 1. The van der Waals surface area contributed by atoms with Crippen LogP contribution in [0.25, 0.3) is 5.69 Å². The zero-order valence-electron chi connectivity index (χ0n) is 16.2. The second kappa shape index (κ2) is 8.09. The Hall–Kier alpha value is -2.75. The van der Waals surface area contributed by atoms with Crippen molar-refractivity contribution < 1.29 is 23.4 Å². The van der Waals surface area contributed by atoms with Crippen molar-refractivity contribution in [3.8, 4) is 11.4 Å². The van der Waals surface area contributed by atoms with E-state index in [0.29, 0.717) is 25.0 Å². The summed E-state index contributed by atoms with van der Waals surface area (Å²) in [4.78, 5) is 23.7. The van der Waals surface area contributed by atoms with Crippen LogP contribution < -0.4 is 10.4 Å². The monoisotopic (exact) mass is 394 g/mol. The molecule has 1 aromatic carbocycles. The number of rotatable bonds is 5. The minimum absolute atomic E-state index is 0.0496. The number of tetrazole rings is 1. The second-order valence-electron chi connectivity index (χ2n) is 6.94. The van der Waals surface area contributed by atoms with Gasteiger partial charge in [0, 0.05) is 20.0 Å². The minimum atomic E-state index is -0.923. The molecule has 3 rings (SSSR count). The Bertz CT molecular complexity index is 923. The molecular weight excluding hydrogens is 371 g/mol. The summed E-state index contributed by atoms with van der Waals surface area (Å²) >= 11 is 0. The SMILES string of the molecule is CC(=O)OC1CCCOC1Oc1cc(F)c(C(C)C)cc1-n1nnn(C)c1=O. The van der Waals surface area contributed by atoms with E-state index in [1.54, 1.807) is 0 Å². The summed E-state index contributed by atoms with van der Waals surface area (Å²) in [6, 6.07) is 2.70. The standard InChI is InChI=1S/C18H23FN4O5/c1-10(2)12-8-14(23-18(25)22(4)20-21-23)16(9-13(12)19)28-17-15(27-11(3)24)6-5-7-26-17/h8-10,15,17H,5-7H2,1-4H3. The minimum Gasteiger partial charge on any atom is -0.458 e. The predicted molar refractivity (Wildman–Crippen MR) is 95.8 cm³/mol. The summed E-state index contributed by atoms with van der Waals surface area (Å²) in [5, 5.41) is 7.52. The fourth-order valence-electron chi connectivity index (χ4n) is 3.02. The molecule has 1 aliphatic rings. The first-order chi connectivity index (χ1) is 13.3.